The first-order valence-corrected chi connectivity index (χ1v) is 11.3. The van der Waals surface area contributed by atoms with E-state index in [0.29, 0.717) is 17.5 Å². The molecule has 0 saturated carbocycles. The maximum atomic E-state index is 12.5. The highest BCUT2D eigenvalue weighted by molar-refractivity contribution is 5.89. The summed E-state index contributed by atoms with van der Waals surface area (Å²) in [4.78, 5) is 24.2. The normalized spacial score (nSPS) is 27.4. The van der Waals surface area contributed by atoms with Crippen molar-refractivity contribution in [2.24, 2.45) is 0 Å². The average molecular weight is 471 g/mol. The van der Waals surface area contributed by atoms with Gasteiger partial charge in [-0.25, -0.2) is 9.59 Å². The van der Waals surface area contributed by atoms with E-state index in [1.165, 1.54) is 0 Å². The number of carbonyl (C=O) groups excluding carboxylic acids is 1. The van der Waals surface area contributed by atoms with E-state index in [-0.39, 0.29) is 12.2 Å². The van der Waals surface area contributed by atoms with Gasteiger partial charge in [0.15, 0.2) is 11.6 Å². The molecular weight excluding hydrogens is 440 g/mol. The van der Waals surface area contributed by atoms with Crippen LogP contribution in [0.5, 0.6) is 0 Å². The van der Waals surface area contributed by atoms with Crippen LogP contribution in [0.1, 0.15) is 54.0 Å². The van der Waals surface area contributed by atoms with Gasteiger partial charge >= 0.3 is 11.9 Å². The molecule has 2 aromatic rings. The lowest BCUT2D eigenvalue weighted by molar-refractivity contribution is -0.424. The summed E-state index contributed by atoms with van der Waals surface area (Å²) >= 11 is 0. The first kappa shape index (κ1) is 24.3. The third kappa shape index (κ3) is 5.47. The van der Waals surface area contributed by atoms with Gasteiger partial charge in [0.1, 0.15) is 24.9 Å². The van der Waals surface area contributed by atoms with Crippen LogP contribution in [0.4, 0.5) is 0 Å². The van der Waals surface area contributed by atoms with Gasteiger partial charge in [0.2, 0.25) is 0 Å². The number of esters is 1. The third-order valence-corrected chi connectivity index (χ3v) is 5.82. The first-order chi connectivity index (χ1) is 16.0. The molecule has 0 radical (unpaired) electrons. The Bertz CT molecular complexity index is 1030. The Labute approximate surface area is 198 Å². The summed E-state index contributed by atoms with van der Waals surface area (Å²) in [6.07, 6.45) is -1.98. The van der Waals surface area contributed by atoms with Crippen LogP contribution in [-0.2, 0) is 30.1 Å². The molecule has 2 heterocycles. The van der Waals surface area contributed by atoms with E-state index in [1.54, 1.807) is 76.2 Å². The predicted molar refractivity (Wildman–Crippen MR) is 121 cm³/mol. The highest BCUT2D eigenvalue weighted by Crippen LogP contribution is 2.39. The van der Waals surface area contributed by atoms with Gasteiger partial charge in [-0.05, 0) is 51.5 Å². The zero-order valence-electron chi connectivity index (χ0n) is 19.7. The van der Waals surface area contributed by atoms with Crippen molar-refractivity contribution in [3.05, 3.63) is 71.3 Å². The van der Waals surface area contributed by atoms with E-state index in [2.05, 4.69) is 0 Å². The minimum atomic E-state index is -1.00. The van der Waals surface area contributed by atoms with E-state index >= 15 is 0 Å². The largest absolute Gasteiger partial charge is 0.478 e. The number of hydrogen-bond acceptors (Lipinski definition) is 7. The molecule has 8 nitrogen and oxygen atoms in total. The fourth-order valence-electron chi connectivity index (χ4n) is 4.51. The molecule has 0 aliphatic carbocycles. The molecule has 2 aromatic carbocycles. The van der Waals surface area contributed by atoms with Gasteiger partial charge < -0.3 is 28.8 Å². The van der Waals surface area contributed by atoms with E-state index in [0.717, 1.165) is 0 Å². The van der Waals surface area contributed by atoms with E-state index in [9.17, 15) is 14.7 Å². The lowest BCUT2D eigenvalue weighted by atomic mass is 9.91. The molecule has 0 amide bonds. The van der Waals surface area contributed by atoms with Crippen LogP contribution in [-0.4, -0.2) is 59.6 Å². The van der Waals surface area contributed by atoms with Crippen LogP contribution in [0, 0.1) is 0 Å². The molecule has 182 valence electrons. The Morgan fingerprint density at radius 2 is 1.38 bits per heavy atom. The number of benzene rings is 2. The number of carboxylic acid groups (broad SMARTS) is 1. The molecule has 4 rings (SSSR count). The molecule has 8 heteroatoms. The summed E-state index contributed by atoms with van der Waals surface area (Å²) in [7, 11) is 0. The number of aromatic carboxylic acids is 1. The second-order valence-corrected chi connectivity index (χ2v) is 9.41. The quantitative estimate of drug-likeness (QED) is 0.636. The highest BCUT2D eigenvalue weighted by Gasteiger charge is 2.54. The molecule has 34 heavy (non-hydrogen) atoms. The summed E-state index contributed by atoms with van der Waals surface area (Å²) < 4.78 is 30.3. The minimum absolute atomic E-state index is 0.0316. The van der Waals surface area contributed by atoms with Gasteiger partial charge in [0, 0.05) is 6.42 Å². The Kier molecular flexibility index (Phi) is 6.78. The second kappa shape index (κ2) is 9.46. The third-order valence-electron chi connectivity index (χ3n) is 5.82. The fourth-order valence-corrected chi connectivity index (χ4v) is 4.51. The van der Waals surface area contributed by atoms with Gasteiger partial charge in [-0.15, -0.1) is 0 Å². The van der Waals surface area contributed by atoms with E-state index in [1.807, 2.05) is 6.07 Å². The first-order valence-electron chi connectivity index (χ1n) is 11.3. The van der Waals surface area contributed by atoms with Crippen LogP contribution in [0.25, 0.3) is 0 Å². The van der Waals surface area contributed by atoms with Crippen molar-refractivity contribution in [2.45, 2.75) is 70.1 Å². The zero-order valence-corrected chi connectivity index (χ0v) is 19.7. The number of carbonyl (C=O) groups is 2. The van der Waals surface area contributed by atoms with Crippen molar-refractivity contribution in [1.29, 1.82) is 0 Å². The molecule has 0 unspecified atom stereocenters. The number of fused-ring (bicyclic) bond motifs is 1. The molecule has 2 aliphatic heterocycles. The van der Waals surface area contributed by atoms with Gasteiger partial charge in [0.05, 0.1) is 17.2 Å². The van der Waals surface area contributed by atoms with Gasteiger partial charge in [-0.2, -0.15) is 0 Å². The van der Waals surface area contributed by atoms with Crippen molar-refractivity contribution in [2.75, 3.05) is 6.61 Å². The molecule has 0 aromatic heterocycles. The Hall–Kier alpha value is -2.78. The van der Waals surface area contributed by atoms with E-state index in [4.69, 9.17) is 23.7 Å². The molecule has 1 N–H and O–H groups in total. The van der Waals surface area contributed by atoms with Gasteiger partial charge in [-0.3, -0.25) is 0 Å². The molecule has 0 bridgehead atoms. The predicted octanol–water partition coefficient (Wildman–Crippen LogP) is 3.82. The van der Waals surface area contributed by atoms with Crippen LogP contribution < -0.4 is 0 Å². The number of carboxylic acids is 1. The Balaban J connectivity index is 1.57. The van der Waals surface area contributed by atoms with Crippen molar-refractivity contribution >= 4 is 11.9 Å². The Morgan fingerprint density at radius 1 is 0.824 bits per heavy atom. The fraction of sp³-hybridized carbons (Fsp3) is 0.462. The summed E-state index contributed by atoms with van der Waals surface area (Å²) in [6.45, 7) is 7.09. The van der Waals surface area contributed by atoms with E-state index < -0.39 is 47.9 Å². The molecular formula is C26H30O8. The highest BCUT2D eigenvalue weighted by atomic mass is 16.8. The topological polar surface area (TPSA) is 101 Å². The monoisotopic (exact) mass is 470 g/mol. The standard InChI is InChI=1S/C26H30O8/c1-25(2)31-19(14-17-12-8-9-13-18(17)23(27)28)21-22(34-25)20(32-26(3,4)33-21)15-30-24(29)16-10-6-5-7-11-16/h5-13,19-22H,14-15H2,1-4H3,(H,27,28)/t19-,20-,21-,22-/m1/s1. The lowest BCUT2D eigenvalue weighted by Crippen LogP contribution is -2.66. The molecule has 0 spiro atoms. The van der Waals surface area contributed by atoms with Crippen molar-refractivity contribution in [3.63, 3.8) is 0 Å². The SMILES string of the molecule is CC1(C)O[C@H]2[C@H](OC(C)(C)O[C@@H]2COC(=O)c2ccccc2)[C@@H](Cc2ccccc2C(=O)O)O1. The molecule has 4 atom stereocenters. The number of hydrogen-bond donors (Lipinski definition) is 1. The molecule has 2 saturated heterocycles. The lowest BCUT2D eigenvalue weighted by Gasteiger charge is -2.53. The average Bonchev–Trinajstić information content (AvgIpc) is 2.78. The summed E-state index contributed by atoms with van der Waals surface area (Å²) in [5, 5.41) is 9.61. The van der Waals surface area contributed by atoms with Crippen molar-refractivity contribution < 1.29 is 38.4 Å². The zero-order chi connectivity index (χ0) is 24.5. The maximum Gasteiger partial charge on any atom is 0.338 e. The van der Waals surface area contributed by atoms with Crippen LogP contribution in [0.15, 0.2) is 54.6 Å². The summed E-state index contributed by atoms with van der Waals surface area (Å²) in [5.41, 5.74) is 1.30. The smallest absolute Gasteiger partial charge is 0.338 e. The summed E-state index contributed by atoms with van der Waals surface area (Å²) in [5.74, 6) is -3.44. The number of ether oxygens (including phenoxy) is 5. The van der Waals surface area contributed by atoms with Crippen molar-refractivity contribution in [1.82, 2.24) is 0 Å². The molecule has 2 aliphatic rings. The number of rotatable bonds is 6. The van der Waals surface area contributed by atoms with Crippen LogP contribution >= 0.6 is 0 Å². The maximum absolute atomic E-state index is 12.5. The van der Waals surface area contributed by atoms with Gasteiger partial charge in [-0.1, -0.05) is 36.4 Å². The second-order valence-electron chi connectivity index (χ2n) is 9.41. The minimum Gasteiger partial charge on any atom is -0.478 e. The van der Waals surface area contributed by atoms with Crippen molar-refractivity contribution in [3.8, 4) is 0 Å². The van der Waals surface area contributed by atoms with Crippen LogP contribution in [0.2, 0.25) is 0 Å². The summed E-state index contributed by atoms with van der Waals surface area (Å²) in [6, 6.07) is 15.6. The van der Waals surface area contributed by atoms with Crippen LogP contribution in [0.3, 0.4) is 0 Å². The molecule has 2 fully saturated rings. The van der Waals surface area contributed by atoms with Gasteiger partial charge in [0.25, 0.3) is 0 Å². The Morgan fingerprint density at radius 3 is 2.03 bits per heavy atom.